The predicted octanol–water partition coefficient (Wildman–Crippen LogP) is 5.31. The molecule has 2 amide bonds. The number of carbonyl (C=O) groups is 2. The molecule has 1 aromatic carbocycles. The summed E-state index contributed by atoms with van der Waals surface area (Å²) in [5.74, 6) is 1.17. The standard InChI is InChI=1S/C27H36ClN3O2S/c1-19(2)24-18-30(27(25-5-4-16-34-25)22-6-8-23(28)9-7-22)14-15-31(24)26(33)17-21-10-12-29(13-11-21)20(3)32/h4-9,16,19,21,24,27H,10-15,17-18H2,1-3H3/t24-,27?/m1/s1. The van der Waals surface area contributed by atoms with Crippen LogP contribution in [0.25, 0.3) is 0 Å². The molecule has 7 heteroatoms. The van der Waals surface area contributed by atoms with E-state index in [4.69, 9.17) is 11.6 Å². The Morgan fingerprint density at radius 1 is 1.06 bits per heavy atom. The van der Waals surface area contributed by atoms with Crippen molar-refractivity contribution in [2.24, 2.45) is 11.8 Å². The summed E-state index contributed by atoms with van der Waals surface area (Å²) in [7, 11) is 0. The van der Waals surface area contributed by atoms with Crippen LogP contribution in [0.5, 0.6) is 0 Å². The van der Waals surface area contributed by atoms with Crippen molar-refractivity contribution in [2.45, 2.75) is 52.1 Å². The van der Waals surface area contributed by atoms with Gasteiger partial charge in [-0.05, 0) is 53.8 Å². The van der Waals surface area contributed by atoms with Crippen LogP contribution < -0.4 is 0 Å². The highest BCUT2D eigenvalue weighted by Gasteiger charge is 2.37. The van der Waals surface area contributed by atoms with Crippen molar-refractivity contribution < 1.29 is 9.59 Å². The molecule has 4 rings (SSSR count). The van der Waals surface area contributed by atoms with Crippen LogP contribution in [0.3, 0.4) is 0 Å². The van der Waals surface area contributed by atoms with Crippen molar-refractivity contribution in [1.82, 2.24) is 14.7 Å². The third-order valence-corrected chi connectivity index (χ3v) is 8.60. The van der Waals surface area contributed by atoms with Crippen LogP contribution in [-0.2, 0) is 9.59 Å². The first-order chi connectivity index (χ1) is 16.3. The molecule has 2 fully saturated rings. The van der Waals surface area contributed by atoms with Gasteiger partial charge in [0.2, 0.25) is 11.8 Å². The minimum absolute atomic E-state index is 0.141. The molecule has 0 aliphatic carbocycles. The fourth-order valence-electron chi connectivity index (χ4n) is 5.41. The third-order valence-electron chi connectivity index (χ3n) is 7.43. The average Bonchev–Trinajstić information content (AvgIpc) is 3.35. The molecule has 0 saturated carbocycles. The first kappa shape index (κ1) is 25.2. The number of piperazine rings is 1. The molecule has 0 radical (unpaired) electrons. The zero-order valence-electron chi connectivity index (χ0n) is 20.5. The molecule has 0 bridgehead atoms. The summed E-state index contributed by atoms with van der Waals surface area (Å²) in [5, 5.41) is 2.88. The zero-order chi connectivity index (χ0) is 24.2. The molecule has 1 unspecified atom stereocenters. The summed E-state index contributed by atoms with van der Waals surface area (Å²) in [6.45, 7) is 10.1. The first-order valence-corrected chi connectivity index (χ1v) is 13.7. The molecule has 2 aromatic rings. The monoisotopic (exact) mass is 501 g/mol. The minimum atomic E-state index is 0.141. The summed E-state index contributed by atoms with van der Waals surface area (Å²) < 4.78 is 0. The molecule has 184 valence electrons. The summed E-state index contributed by atoms with van der Waals surface area (Å²) in [4.78, 5) is 33.0. The molecule has 2 atom stereocenters. The van der Waals surface area contributed by atoms with Gasteiger partial charge in [0.1, 0.15) is 0 Å². The van der Waals surface area contributed by atoms with E-state index in [-0.39, 0.29) is 23.9 Å². The Bertz CT molecular complexity index is 955. The van der Waals surface area contributed by atoms with Gasteiger partial charge in [0.05, 0.1) is 6.04 Å². The van der Waals surface area contributed by atoms with Crippen LogP contribution in [0.4, 0.5) is 0 Å². The minimum Gasteiger partial charge on any atom is -0.343 e. The molecule has 5 nitrogen and oxygen atoms in total. The fourth-order valence-corrected chi connectivity index (χ4v) is 6.42. The molecule has 3 heterocycles. The third kappa shape index (κ3) is 5.84. The molecule has 2 aliphatic rings. The van der Waals surface area contributed by atoms with Crippen LogP contribution in [0.1, 0.15) is 56.5 Å². The predicted molar refractivity (Wildman–Crippen MR) is 139 cm³/mol. The maximum absolute atomic E-state index is 13.4. The molecule has 1 aromatic heterocycles. The van der Waals surface area contributed by atoms with E-state index < -0.39 is 0 Å². The molecular weight excluding hydrogens is 466 g/mol. The smallest absolute Gasteiger partial charge is 0.223 e. The quantitative estimate of drug-likeness (QED) is 0.539. The zero-order valence-corrected chi connectivity index (χ0v) is 22.0. The maximum atomic E-state index is 13.4. The highest BCUT2D eigenvalue weighted by atomic mass is 35.5. The van der Waals surface area contributed by atoms with Crippen molar-refractivity contribution in [3.63, 3.8) is 0 Å². The van der Waals surface area contributed by atoms with E-state index in [1.807, 2.05) is 17.0 Å². The lowest BCUT2D eigenvalue weighted by Crippen LogP contribution is -2.58. The van der Waals surface area contributed by atoms with Gasteiger partial charge in [-0.2, -0.15) is 0 Å². The number of amides is 2. The van der Waals surface area contributed by atoms with Gasteiger partial charge in [-0.1, -0.05) is 43.6 Å². The lowest BCUT2D eigenvalue weighted by atomic mass is 9.91. The van der Waals surface area contributed by atoms with Crippen molar-refractivity contribution in [1.29, 1.82) is 0 Å². The number of likely N-dealkylation sites (tertiary alicyclic amines) is 1. The van der Waals surface area contributed by atoms with Gasteiger partial charge in [0.15, 0.2) is 0 Å². The van der Waals surface area contributed by atoms with E-state index >= 15 is 0 Å². The van der Waals surface area contributed by atoms with E-state index in [0.717, 1.165) is 50.6 Å². The van der Waals surface area contributed by atoms with Crippen molar-refractivity contribution in [2.75, 3.05) is 32.7 Å². The lowest BCUT2D eigenvalue weighted by Gasteiger charge is -2.46. The Hall–Kier alpha value is -1.89. The average molecular weight is 502 g/mol. The summed E-state index contributed by atoms with van der Waals surface area (Å²) in [6.07, 6.45) is 2.45. The highest BCUT2D eigenvalue weighted by Crippen LogP contribution is 2.35. The summed E-state index contributed by atoms with van der Waals surface area (Å²) in [5.41, 5.74) is 1.24. The van der Waals surface area contributed by atoms with Gasteiger partial charge >= 0.3 is 0 Å². The van der Waals surface area contributed by atoms with Gasteiger partial charge < -0.3 is 9.80 Å². The Balaban J connectivity index is 1.46. The Labute approximate surface area is 212 Å². The Morgan fingerprint density at radius 3 is 2.35 bits per heavy atom. The van der Waals surface area contributed by atoms with Gasteiger partial charge in [-0.15, -0.1) is 11.3 Å². The Morgan fingerprint density at radius 2 is 1.76 bits per heavy atom. The van der Waals surface area contributed by atoms with Crippen molar-refractivity contribution in [3.8, 4) is 0 Å². The van der Waals surface area contributed by atoms with Crippen LogP contribution >= 0.6 is 22.9 Å². The second kappa shape index (κ2) is 11.2. The van der Waals surface area contributed by atoms with Crippen LogP contribution in [0, 0.1) is 11.8 Å². The molecule has 34 heavy (non-hydrogen) atoms. The number of nitrogens with zero attached hydrogens (tertiary/aromatic N) is 3. The molecule has 0 spiro atoms. The van der Waals surface area contributed by atoms with Gasteiger partial charge in [0, 0.05) is 62.0 Å². The van der Waals surface area contributed by atoms with Crippen LogP contribution in [0.15, 0.2) is 41.8 Å². The number of carbonyl (C=O) groups excluding carboxylic acids is 2. The summed E-state index contributed by atoms with van der Waals surface area (Å²) >= 11 is 7.96. The van der Waals surface area contributed by atoms with E-state index in [9.17, 15) is 9.59 Å². The second-order valence-electron chi connectivity index (χ2n) is 10.0. The summed E-state index contributed by atoms with van der Waals surface area (Å²) in [6, 6.07) is 12.9. The van der Waals surface area contributed by atoms with Crippen molar-refractivity contribution >= 4 is 34.8 Å². The van der Waals surface area contributed by atoms with Crippen LogP contribution in [-0.4, -0.2) is 65.3 Å². The van der Waals surface area contributed by atoms with E-state index in [1.165, 1.54) is 10.4 Å². The fraction of sp³-hybridized carbons (Fsp3) is 0.556. The number of rotatable bonds is 6. The molecule has 2 saturated heterocycles. The van der Waals surface area contributed by atoms with E-state index in [1.54, 1.807) is 18.3 Å². The van der Waals surface area contributed by atoms with Gasteiger partial charge in [-0.25, -0.2) is 0 Å². The lowest BCUT2D eigenvalue weighted by molar-refractivity contribution is -0.139. The number of benzene rings is 1. The largest absolute Gasteiger partial charge is 0.343 e. The number of piperidine rings is 1. The SMILES string of the molecule is CC(=O)N1CCC(CC(=O)N2CCN(C(c3ccc(Cl)cc3)c3cccs3)C[C@@H]2C(C)C)CC1. The van der Waals surface area contributed by atoms with Gasteiger partial charge in [0.25, 0.3) is 0 Å². The topological polar surface area (TPSA) is 43.9 Å². The number of halogens is 1. The maximum Gasteiger partial charge on any atom is 0.223 e. The number of hydrogen-bond donors (Lipinski definition) is 0. The van der Waals surface area contributed by atoms with Gasteiger partial charge in [-0.3, -0.25) is 14.5 Å². The van der Waals surface area contributed by atoms with Crippen molar-refractivity contribution in [3.05, 3.63) is 57.2 Å². The second-order valence-corrected chi connectivity index (χ2v) is 11.4. The number of thiophene rings is 1. The molecular formula is C27H36ClN3O2S. The van der Waals surface area contributed by atoms with Crippen LogP contribution in [0.2, 0.25) is 5.02 Å². The Kier molecular flexibility index (Phi) is 8.33. The van der Waals surface area contributed by atoms with E-state index in [0.29, 0.717) is 18.3 Å². The highest BCUT2D eigenvalue weighted by molar-refractivity contribution is 7.10. The van der Waals surface area contributed by atoms with E-state index in [2.05, 4.69) is 53.3 Å². The number of hydrogen-bond acceptors (Lipinski definition) is 4. The molecule has 2 aliphatic heterocycles. The first-order valence-electron chi connectivity index (χ1n) is 12.4. The molecule has 0 N–H and O–H groups in total. The normalized spacial score (nSPS) is 21.1.